The van der Waals surface area contributed by atoms with Gasteiger partial charge in [0.1, 0.15) is 0 Å². The Balaban J connectivity index is 2.00. The van der Waals surface area contributed by atoms with Gasteiger partial charge >= 0.3 is 0 Å². The molecule has 3 heteroatoms. The van der Waals surface area contributed by atoms with E-state index in [9.17, 15) is 4.79 Å². The molecule has 0 radical (unpaired) electrons. The molecule has 20 heavy (non-hydrogen) atoms. The summed E-state index contributed by atoms with van der Waals surface area (Å²) >= 11 is 6.04. The maximum absolute atomic E-state index is 12.2. The number of ketones is 1. The maximum atomic E-state index is 12.2. The summed E-state index contributed by atoms with van der Waals surface area (Å²) in [6, 6.07) is 15.5. The molecule has 2 nitrogen and oxygen atoms in total. The molecule has 2 rings (SSSR count). The third-order valence-corrected chi connectivity index (χ3v) is 3.45. The molecule has 0 heterocycles. The van der Waals surface area contributed by atoms with Gasteiger partial charge < -0.3 is 0 Å². The highest BCUT2D eigenvalue weighted by Gasteiger charge is 2.12. The first-order valence-electron chi connectivity index (χ1n) is 6.58. The van der Waals surface area contributed by atoms with Crippen LogP contribution in [0.25, 0.3) is 0 Å². The summed E-state index contributed by atoms with van der Waals surface area (Å²) in [5.74, 6) is 0.0470. The SMILES string of the molecule is Cc1cccc(CN(C)CC(=O)c2ccccc2Cl)c1. The fourth-order valence-corrected chi connectivity index (χ4v) is 2.44. The Kier molecular flexibility index (Phi) is 4.94. The highest BCUT2D eigenvalue weighted by molar-refractivity contribution is 6.34. The molecule has 2 aromatic rings. The van der Waals surface area contributed by atoms with E-state index in [2.05, 4.69) is 25.1 Å². The van der Waals surface area contributed by atoms with Crippen molar-refractivity contribution >= 4 is 17.4 Å². The number of hydrogen-bond acceptors (Lipinski definition) is 2. The average Bonchev–Trinajstić information content (AvgIpc) is 2.38. The molecular weight excluding hydrogens is 270 g/mol. The van der Waals surface area contributed by atoms with E-state index in [-0.39, 0.29) is 5.78 Å². The lowest BCUT2D eigenvalue weighted by Crippen LogP contribution is -2.25. The fraction of sp³-hybridized carbons (Fsp3) is 0.235. The van der Waals surface area contributed by atoms with Gasteiger partial charge in [-0.2, -0.15) is 0 Å². The van der Waals surface area contributed by atoms with Crippen LogP contribution in [0.1, 0.15) is 21.5 Å². The number of likely N-dealkylation sites (N-methyl/N-ethyl adjacent to an activating group) is 1. The van der Waals surface area contributed by atoms with E-state index in [4.69, 9.17) is 11.6 Å². The Hall–Kier alpha value is -1.64. The van der Waals surface area contributed by atoms with Gasteiger partial charge in [-0.25, -0.2) is 0 Å². The number of nitrogens with zero attached hydrogens (tertiary/aromatic N) is 1. The van der Waals surface area contributed by atoms with Crippen molar-refractivity contribution in [2.45, 2.75) is 13.5 Å². The van der Waals surface area contributed by atoms with E-state index in [1.54, 1.807) is 12.1 Å². The number of carbonyl (C=O) groups is 1. The smallest absolute Gasteiger partial charge is 0.178 e. The summed E-state index contributed by atoms with van der Waals surface area (Å²) in [5.41, 5.74) is 3.03. The lowest BCUT2D eigenvalue weighted by atomic mass is 10.1. The summed E-state index contributed by atoms with van der Waals surface area (Å²) in [7, 11) is 1.94. The van der Waals surface area contributed by atoms with Crippen LogP contribution < -0.4 is 0 Å². The second-order valence-electron chi connectivity index (χ2n) is 5.06. The van der Waals surface area contributed by atoms with Crippen LogP contribution in [0.3, 0.4) is 0 Å². The fourth-order valence-electron chi connectivity index (χ4n) is 2.20. The minimum Gasteiger partial charge on any atom is -0.295 e. The maximum Gasteiger partial charge on any atom is 0.178 e. The molecular formula is C17H18ClNO. The standard InChI is InChI=1S/C17H18ClNO/c1-13-6-5-7-14(10-13)11-19(2)12-17(20)15-8-3-4-9-16(15)18/h3-10H,11-12H2,1-2H3. The highest BCUT2D eigenvalue weighted by atomic mass is 35.5. The van der Waals surface area contributed by atoms with Gasteiger partial charge in [-0.1, -0.05) is 53.6 Å². The lowest BCUT2D eigenvalue weighted by molar-refractivity contribution is 0.0943. The van der Waals surface area contributed by atoms with Crippen LogP contribution in [0.2, 0.25) is 5.02 Å². The van der Waals surface area contributed by atoms with Gasteiger partial charge in [-0.15, -0.1) is 0 Å². The first kappa shape index (κ1) is 14.8. The summed E-state index contributed by atoms with van der Waals surface area (Å²) < 4.78 is 0. The van der Waals surface area contributed by atoms with Crippen molar-refractivity contribution in [2.75, 3.05) is 13.6 Å². The second kappa shape index (κ2) is 6.69. The van der Waals surface area contributed by atoms with Gasteiger partial charge in [0.25, 0.3) is 0 Å². The normalized spacial score (nSPS) is 10.8. The summed E-state index contributed by atoms with van der Waals surface area (Å²) in [5, 5.41) is 0.515. The van der Waals surface area contributed by atoms with Gasteiger partial charge in [-0.3, -0.25) is 9.69 Å². The molecule has 0 N–H and O–H groups in total. The van der Waals surface area contributed by atoms with Gasteiger partial charge in [0.2, 0.25) is 0 Å². The number of hydrogen-bond donors (Lipinski definition) is 0. The number of carbonyl (C=O) groups excluding carboxylic acids is 1. The number of halogens is 1. The summed E-state index contributed by atoms with van der Waals surface area (Å²) in [6.07, 6.45) is 0. The van der Waals surface area contributed by atoms with E-state index in [0.29, 0.717) is 17.1 Å². The molecule has 2 aromatic carbocycles. The zero-order valence-corrected chi connectivity index (χ0v) is 12.5. The number of rotatable bonds is 5. The molecule has 0 aliphatic carbocycles. The van der Waals surface area contributed by atoms with Crippen LogP contribution in [0, 0.1) is 6.92 Å². The molecule has 0 fully saturated rings. The Labute approximate surface area is 125 Å². The third-order valence-electron chi connectivity index (χ3n) is 3.12. The topological polar surface area (TPSA) is 20.3 Å². The molecule has 0 spiro atoms. The largest absolute Gasteiger partial charge is 0.295 e. The quantitative estimate of drug-likeness (QED) is 0.776. The first-order valence-corrected chi connectivity index (χ1v) is 6.96. The predicted octanol–water partition coefficient (Wildman–Crippen LogP) is 3.96. The van der Waals surface area contributed by atoms with Crippen molar-refractivity contribution in [3.05, 3.63) is 70.2 Å². The van der Waals surface area contributed by atoms with E-state index in [1.807, 2.05) is 30.1 Å². The van der Waals surface area contributed by atoms with Gasteiger partial charge in [-0.05, 0) is 31.7 Å². The Bertz CT molecular complexity index is 609. The van der Waals surface area contributed by atoms with E-state index in [0.717, 1.165) is 6.54 Å². The van der Waals surface area contributed by atoms with Crippen molar-refractivity contribution in [1.29, 1.82) is 0 Å². The van der Waals surface area contributed by atoms with Crippen LogP contribution in [-0.4, -0.2) is 24.3 Å². The summed E-state index contributed by atoms with van der Waals surface area (Å²) in [6.45, 7) is 3.17. The van der Waals surface area contributed by atoms with Crippen molar-refractivity contribution < 1.29 is 4.79 Å². The molecule has 0 saturated heterocycles. The van der Waals surface area contributed by atoms with Crippen LogP contribution in [-0.2, 0) is 6.54 Å². The van der Waals surface area contributed by atoms with Crippen LogP contribution in [0.15, 0.2) is 48.5 Å². The van der Waals surface area contributed by atoms with Crippen LogP contribution in [0.4, 0.5) is 0 Å². The van der Waals surface area contributed by atoms with Crippen molar-refractivity contribution in [2.24, 2.45) is 0 Å². The van der Waals surface area contributed by atoms with E-state index < -0.39 is 0 Å². The van der Waals surface area contributed by atoms with Crippen LogP contribution in [0.5, 0.6) is 0 Å². The van der Waals surface area contributed by atoms with Gasteiger partial charge in [0.05, 0.1) is 11.6 Å². The molecule has 0 amide bonds. The molecule has 0 aliphatic heterocycles. The molecule has 0 bridgehead atoms. The molecule has 0 saturated carbocycles. The molecule has 0 atom stereocenters. The van der Waals surface area contributed by atoms with Gasteiger partial charge in [0.15, 0.2) is 5.78 Å². The third kappa shape index (κ3) is 3.92. The highest BCUT2D eigenvalue weighted by Crippen LogP contribution is 2.16. The minimum absolute atomic E-state index is 0.0470. The zero-order valence-electron chi connectivity index (χ0n) is 11.8. The predicted molar refractivity (Wildman–Crippen MR) is 83.3 cm³/mol. The average molecular weight is 288 g/mol. The number of Topliss-reactive ketones (excluding diaryl/α,β-unsaturated/α-hetero) is 1. The first-order chi connectivity index (χ1) is 9.56. The van der Waals surface area contributed by atoms with E-state index in [1.165, 1.54) is 11.1 Å². The molecule has 0 aromatic heterocycles. The van der Waals surface area contributed by atoms with Crippen molar-refractivity contribution in [3.63, 3.8) is 0 Å². The number of aryl methyl sites for hydroxylation is 1. The Morgan fingerprint density at radius 3 is 2.60 bits per heavy atom. The zero-order chi connectivity index (χ0) is 14.5. The molecule has 0 aliphatic rings. The van der Waals surface area contributed by atoms with Crippen molar-refractivity contribution in [3.8, 4) is 0 Å². The second-order valence-corrected chi connectivity index (χ2v) is 5.47. The number of benzene rings is 2. The monoisotopic (exact) mass is 287 g/mol. The minimum atomic E-state index is 0.0470. The molecule has 0 unspecified atom stereocenters. The Morgan fingerprint density at radius 1 is 1.15 bits per heavy atom. The van der Waals surface area contributed by atoms with Crippen LogP contribution >= 0.6 is 11.6 Å². The lowest BCUT2D eigenvalue weighted by Gasteiger charge is -2.16. The molecule has 104 valence electrons. The Morgan fingerprint density at radius 2 is 1.90 bits per heavy atom. The van der Waals surface area contributed by atoms with Crippen molar-refractivity contribution in [1.82, 2.24) is 4.90 Å². The van der Waals surface area contributed by atoms with Gasteiger partial charge in [0, 0.05) is 12.1 Å². The van der Waals surface area contributed by atoms with E-state index >= 15 is 0 Å². The summed E-state index contributed by atoms with van der Waals surface area (Å²) in [4.78, 5) is 14.2.